The van der Waals surface area contributed by atoms with Gasteiger partial charge in [-0.2, -0.15) is 5.10 Å². The van der Waals surface area contributed by atoms with Crippen molar-refractivity contribution in [1.29, 1.82) is 0 Å². The third-order valence-electron chi connectivity index (χ3n) is 4.00. The van der Waals surface area contributed by atoms with Gasteiger partial charge >= 0.3 is 0 Å². The summed E-state index contributed by atoms with van der Waals surface area (Å²) < 4.78 is 2.03. The molecule has 18 heavy (non-hydrogen) atoms. The van der Waals surface area contributed by atoms with Crippen molar-refractivity contribution in [3.63, 3.8) is 0 Å². The lowest BCUT2D eigenvalue weighted by atomic mass is 9.99. The van der Waals surface area contributed by atoms with Crippen molar-refractivity contribution in [2.45, 2.75) is 51.6 Å². The molecule has 1 aromatic rings. The fourth-order valence-electron chi connectivity index (χ4n) is 2.89. The second-order valence-electron chi connectivity index (χ2n) is 5.30. The van der Waals surface area contributed by atoms with Gasteiger partial charge < -0.3 is 5.73 Å². The number of likely N-dealkylation sites (tertiary alicyclic amines) is 1. The molecule has 0 bridgehead atoms. The van der Waals surface area contributed by atoms with E-state index >= 15 is 0 Å². The third-order valence-corrected chi connectivity index (χ3v) is 4.00. The van der Waals surface area contributed by atoms with Crippen molar-refractivity contribution >= 4 is 0 Å². The molecule has 4 nitrogen and oxygen atoms in total. The Hall–Kier alpha value is -0.870. The summed E-state index contributed by atoms with van der Waals surface area (Å²) in [6, 6.07) is 2.91. The Balaban J connectivity index is 2.03. The molecule has 4 heteroatoms. The van der Waals surface area contributed by atoms with E-state index in [-0.39, 0.29) is 0 Å². The van der Waals surface area contributed by atoms with Crippen LogP contribution in [0.3, 0.4) is 0 Å². The molecule has 1 unspecified atom stereocenters. The van der Waals surface area contributed by atoms with E-state index in [0.717, 1.165) is 25.9 Å². The predicted octanol–water partition coefficient (Wildman–Crippen LogP) is 1.69. The third kappa shape index (κ3) is 3.12. The summed E-state index contributed by atoms with van der Waals surface area (Å²) in [6.45, 7) is 5.18. The predicted molar refractivity (Wildman–Crippen MR) is 74.3 cm³/mol. The van der Waals surface area contributed by atoms with Crippen LogP contribution in [0.5, 0.6) is 0 Å². The molecule has 1 aliphatic rings. The Bertz CT molecular complexity index is 370. The zero-order chi connectivity index (χ0) is 13.0. The number of hydrogen-bond acceptors (Lipinski definition) is 3. The summed E-state index contributed by atoms with van der Waals surface area (Å²) in [5, 5.41) is 4.53. The van der Waals surface area contributed by atoms with E-state index < -0.39 is 0 Å². The lowest BCUT2D eigenvalue weighted by molar-refractivity contribution is 0.131. The number of rotatable bonds is 5. The van der Waals surface area contributed by atoms with Gasteiger partial charge in [0.15, 0.2) is 0 Å². The second kappa shape index (κ2) is 6.34. The van der Waals surface area contributed by atoms with Gasteiger partial charge in [-0.25, -0.2) is 0 Å². The van der Waals surface area contributed by atoms with Crippen molar-refractivity contribution in [3.8, 4) is 0 Å². The van der Waals surface area contributed by atoms with E-state index in [2.05, 4.69) is 30.0 Å². The zero-order valence-electron chi connectivity index (χ0n) is 11.7. The first-order valence-corrected chi connectivity index (χ1v) is 7.20. The van der Waals surface area contributed by atoms with Gasteiger partial charge in [-0.1, -0.05) is 13.3 Å². The van der Waals surface area contributed by atoms with Crippen LogP contribution in [-0.2, 0) is 20.0 Å². The summed E-state index contributed by atoms with van der Waals surface area (Å²) in [5.41, 5.74) is 8.25. The topological polar surface area (TPSA) is 47.1 Å². The summed E-state index contributed by atoms with van der Waals surface area (Å²) >= 11 is 0. The molecule has 0 aliphatic carbocycles. The van der Waals surface area contributed by atoms with E-state index in [1.54, 1.807) is 0 Å². The largest absolute Gasteiger partial charge is 0.330 e. The Morgan fingerprint density at radius 2 is 2.28 bits per heavy atom. The molecular formula is C14H26N4. The zero-order valence-corrected chi connectivity index (χ0v) is 11.7. The lowest BCUT2D eigenvalue weighted by Crippen LogP contribution is -2.40. The molecule has 0 spiro atoms. The van der Waals surface area contributed by atoms with Crippen LogP contribution in [0.1, 0.15) is 44.0 Å². The van der Waals surface area contributed by atoms with Crippen LogP contribution in [-0.4, -0.2) is 33.8 Å². The average molecular weight is 250 g/mol. The van der Waals surface area contributed by atoms with Gasteiger partial charge in [-0.05, 0) is 44.8 Å². The summed E-state index contributed by atoms with van der Waals surface area (Å²) in [6.07, 6.45) is 6.11. The number of nitrogens with two attached hydrogens (primary N) is 1. The molecule has 1 aromatic heterocycles. The Labute approximate surface area is 110 Å². The van der Waals surface area contributed by atoms with E-state index in [1.807, 2.05) is 4.68 Å². The van der Waals surface area contributed by atoms with Crippen LogP contribution in [0.4, 0.5) is 0 Å². The van der Waals surface area contributed by atoms with Crippen LogP contribution in [0.2, 0.25) is 0 Å². The van der Waals surface area contributed by atoms with Crippen molar-refractivity contribution < 1.29 is 0 Å². The van der Waals surface area contributed by atoms with Crippen LogP contribution in [0.15, 0.2) is 6.07 Å². The standard InChI is InChI=1S/C14H26N4/c1-3-12-10-14(17(2)16-12)11-18-9-5-4-6-13(18)7-8-15/h10,13H,3-9,11,15H2,1-2H3. The van der Waals surface area contributed by atoms with Gasteiger partial charge in [0.05, 0.1) is 11.4 Å². The minimum Gasteiger partial charge on any atom is -0.330 e. The normalized spacial score (nSPS) is 21.4. The van der Waals surface area contributed by atoms with E-state index in [9.17, 15) is 0 Å². The summed E-state index contributed by atoms with van der Waals surface area (Å²) in [7, 11) is 2.05. The number of aryl methyl sites for hydroxylation is 2. The first-order valence-electron chi connectivity index (χ1n) is 7.20. The molecule has 102 valence electrons. The molecular weight excluding hydrogens is 224 g/mol. The van der Waals surface area contributed by atoms with Crippen LogP contribution < -0.4 is 5.73 Å². The molecule has 1 saturated heterocycles. The van der Waals surface area contributed by atoms with E-state index in [4.69, 9.17) is 5.73 Å². The maximum atomic E-state index is 5.73. The van der Waals surface area contributed by atoms with Crippen LogP contribution in [0.25, 0.3) is 0 Å². The van der Waals surface area contributed by atoms with Crippen molar-refractivity contribution in [1.82, 2.24) is 14.7 Å². The number of nitrogens with zero attached hydrogens (tertiary/aromatic N) is 3. The fourth-order valence-corrected chi connectivity index (χ4v) is 2.89. The smallest absolute Gasteiger partial charge is 0.0625 e. The number of hydrogen-bond donors (Lipinski definition) is 1. The number of aromatic nitrogens is 2. The molecule has 0 radical (unpaired) electrons. The van der Waals surface area contributed by atoms with Crippen LogP contribution >= 0.6 is 0 Å². The van der Waals surface area contributed by atoms with Gasteiger partial charge in [-0.15, -0.1) is 0 Å². The highest BCUT2D eigenvalue weighted by Crippen LogP contribution is 2.21. The average Bonchev–Trinajstić information content (AvgIpc) is 2.73. The Morgan fingerprint density at radius 1 is 1.44 bits per heavy atom. The molecule has 0 aromatic carbocycles. The van der Waals surface area contributed by atoms with Crippen LogP contribution in [0, 0.1) is 0 Å². The van der Waals surface area contributed by atoms with Crippen molar-refractivity contribution in [2.75, 3.05) is 13.1 Å². The monoisotopic (exact) mass is 250 g/mol. The molecule has 0 amide bonds. The molecule has 1 fully saturated rings. The van der Waals surface area contributed by atoms with Gasteiger partial charge in [0.25, 0.3) is 0 Å². The highest BCUT2D eigenvalue weighted by atomic mass is 15.3. The van der Waals surface area contributed by atoms with Gasteiger partial charge in [0.1, 0.15) is 0 Å². The quantitative estimate of drug-likeness (QED) is 0.865. The van der Waals surface area contributed by atoms with E-state index in [1.165, 1.54) is 37.2 Å². The molecule has 2 rings (SSSR count). The van der Waals surface area contributed by atoms with E-state index in [0.29, 0.717) is 6.04 Å². The first-order chi connectivity index (χ1) is 8.74. The molecule has 2 N–H and O–H groups in total. The minimum atomic E-state index is 0.670. The van der Waals surface area contributed by atoms with Crippen molar-refractivity contribution in [3.05, 3.63) is 17.5 Å². The van der Waals surface area contributed by atoms with Gasteiger partial charge in [0, 0.05) is 19.6 Å². The Morgan fingerprint density at radius 3 is 2.94 bits per heavy atom. The van der Waals surface area contributed by atoms with Gasteiger partial charge in [-0.3, -0.25) is 9.58 Å². The lowest BCUT2D eigenvalue weighted by Gasteiger charge is -2.35. The number of piperidine rings is 1. The Kier molecular flexibility index (Phi) is 4.78. The fraction of sp³-hybridized carbons (Fsp3) is 0.786. The summed E-state index contributed by atoms with van der Waals surface area (Å²) in [5.74, 6) is 0. The second-order valence-corrected chi connectivity index (χ2v) is 5.30. The maximum Gasteiger partial charge on any atom is 0.0625 e. The molecule has 0 saturated carbocycles. The first kappa shape index (κ1) is 13.6. The SMILES string of the molecule is CCc1cc(CN2CCCCC2CCN)n(C)n1. The van der Waals surface area contributed by atoms with Crippen molar-refractivity contribution in [2.24, 2.45) is 12.8 Å². The molecule has 2 heterocycles. The maximum absolute atomic E-state index is 5.73. The van der Waals surface area contributed by atoms with Gasteiger partial charge in [0.2, 0.25) is 0 Å². The highest BCUT2D eigenvalue weighted by molar-refractivity contribution is 5.10. The molecule has 1 aliphatic heterocycles. The minimum absolute atomic E-state index is 0.670. The molecule has 1 atom stereocenters. The summed E-state index contributed by atoms with van der Waals surface area (Å²) in [4.78, 5) is 2.59. The highest BCUT2D eigenvalue weighted by Gasteiger charge is 2.22.